The smallest absolute Gasteiger partial charge is 0.437 e. The van der Waals surface area contributed by atoms with Gasteiger partial charge in [-0.1, -0.05) is 22.9 Å². The molecule has 3 rings (SSSR count). The lowest BCUT2D eigenvalue weighted by Gasteiger charge is -2.12. The summed E-state index contributed by atoms with van der Waals surface area (Å²) in [4.78, 5) is -0.667. The Bertz CT molecular complexity index is 1480. The molecule has 0 aliphatic heterocycles. The Kier molecular flexibility index (Phi) is 7.65. The van der Waals surface area contributed by atoms with Crippen LogP contribution in [-0.4, -0.2) is 35.8 Å². The molecule has 0 fully saturated rings. The highest BCUT2D eigenvalue weighted by atomic mass is 32.2. The number of halogens is 3. The molecular weight excluding hydrogens is 523 g/mol. The summed E-state index contributed by atoms with van der Waals surface area (Å²) in [6.45, 7) is 3.14. The molecule has 13 heteroatoms. The number of hydrogen-bond acceptors (Lipinski definition) is 8. The second-order valence-corrected chi connectivity index (χ2v) is 10.5. The fourth-order valence-electron chi connectivity index (χ4n) is 2.89. The van der Waals surface area contributed by atoms with Gasteiger partial charge in [-0.2, -0.15) is 30.0 Å². The van der Waals surface area contributed by atoms with Crippen LogP contribution < -0.4 is 8.92 Å². The Morgan fingerprint density at radius 1 is 0.806 bits per heavy atom. The highest BCUT2D eigenvalue weighted by molar-refractivity contribution is 7.87. The maximum Gasteiger partial charge on any atom is 0.437 e. The monoisotopic (exact) mass is 543 g/mol. The van der Waals surface area contributed by atoms with Crippen molar-refractivity contribution in [3.05, 3.63) is 83.4 Å². The Hall–Kier alpha value is -3.58. The highest BCUT2D eigenvalue weighted by Crippen LogP contribution is 2.28. The van der Waals surface area contributed by atoms with E-state index in [1.54, 1.807) is 19.1 Å². The minimum absolute atomic E-state index is 0.0746. The molecule has 0 amide bonds. The maximum atomic E-state index is 13.5. The lowest BCUT2D eigenvalue weighted by atomic mass is 10.1. The van der Waals surface area contributed by atoms with Crippen molar-refractivity contribution in [3.63, 3.8) is 0 Å². The Labute approximate surface area is 206 Å². The minimum Gasteiger partial charge on any atom is -0.497 e. The molecule has 0 bridgehead atoms. The summed E-state index contributed by atoms with van der Waals surface area (Å²) >= 11 is 0. The average molecular weight is 544 g/mol. The summed E-state index contributed by atoms with van der Waals surface area (Å²) in [5, 5.41) is 2.86. The van der Waals surface area contributed by atoms with E-state index < -0.39 is 42.6 Å². The summed E-state index contributed by atoms with van der Waals surface area (Å²) < 4.78 is 105. The van der Waals surface area contributed by atoms with E-state index in [9.17, 15) is 30.0 Å². The van der Waals surface area contributed by atoms with E-state index in [4.69, 9.17) is 8.92 Å². The van der Waals surface area contributed by atoms with Crippen LogP contribution in [0.5, 0.6) is 11.5 Å². The van der Waals surface area contributed by atoms with E-state index in [1.807, 2.05) is 0 Å². The molecule has 36 heavy (non-hydrogen) atoms. The second kappa shape index (κ2) is 10.2. The van der Waals surface area contributed by atoms with Crippen LogP contribution in [0.1, 0.15) is 16.7 Å². The van der Waals surface area contributed by atoms with Gasteiger partial charge in [-0.05, 0) is 74.0 Å². The van der Waals surface area contributed by atoms with Gasteiger partial charge in [-0.25, -0.2) is 0 Å². The third kappa shape index (κ3) is 6.34. The zero-order valence-electron chi connectivity index (χ0n) is 19.1. The molecule has 0 N–H and O–H groups in total. The molecule has 0 unspecified atom stereocenters. The largest absolute Gasteiger partial charge is 0.497 e. The first kappa shape index (κ1) is 27.0. The average Bonchev–Trinajstić information content (AvgIpc) is 2.80. The number of ether oxygens (including phenoxy) is 1. The van der Waals surface area contributed by atoms with Crippen molar-refractivity contribution in [3.8, 4) is 11.5 Å². The van der Waals surface area contributed by atoms with Gasteiger partial charge in [0.1, 0.15) is 21.3 Å². The Morgan fingerprint density at radius 3 is 1.92 bits per heavy atom. The van der Waals surface area contributed by atoms with Crippen molar-refractivity contribution in [1.29, 1.82) is 0 Å². The molecule has 0 saturated carbocycles. The third-order valence-electron chi connectivity index (χ3n) is 4.80. The number of oxime groups is 1. The van der Waals surface area contributed by atoms with Crippen LogP contribution >= 0.6 is 0 Å². The minimum atomic E-state index is -5.03. The van der Waals surface area contributed by atoms with Gasteiger partial charge in [-0.3, -0.25) is 4.28 Å². The van der Waals surface area contributed by atoms with Gasteiger partial charge in [0.2, 0.25) is 0 Å². The maximum absolute atomic E-state index is 13.5. The van der Waals surface area contributed by atoms with Crippen molar-refractivity contribution in [1.82, 2.24) is 0 Å². The molecule has 0 atom stereocenters. The molecule has 192 valence electrons. The molecule has 0 aliphatic rings. The Morgan fingerprint density at radius 2 is 1.39 bits per heavy atom. The van der Waals surface area contributed by atoms with E-state index in [0.29, 0.717) is 0 Å². The molecule has 0 heterocycles. The van der Waals surface area contributed by atoms with Crippen LogP contribution in [-0.2, 0) is 24.5 Å². The number of nitrogens with zero attached hydrogens (tertiary/aromatic N) is 1. The molecule has 0 saturated heterocycles. The quantitative estimate of drug-likeness (QED) is 0.229. The number of alkyl halides is 3. The SMILES string of the molecule is COc1ccc(/C(=N/OS(=O)(=O)c2ccc(OS(=O)(=O)c3ccc(C)cc3)c(C)c2)C(F)(F)F)cc1. The first-order chi connectivity index (χ1) is 16.7. The molecular formula is C23H20F3NO7S2. The summed E-state index contributed by atoms with van der Waals surface area (Å²) in [5.74, 6) is 0.114. The van der Waals surface area contributed by atoms with Gasteiger partial charge < -0.3 is 8.92 Å². The summed E-state index contributed by atoms with van der Waals surface area (Å²) in [7, 11) is -7.67. The van der Waals surface area contributed by atoms with Gasteiger partial charge in [0.15, 0.2) is 5.71 Å². The summed E-state index contributed by atoms with van der Waals surface area (Å²) in [5.41, 5.74) is -1.11. The second-order valence-electron chi connectivity index (χ2n) is 7.47. The fraction of sp³-hybridized carbons (Fsp3) is 0.174. The standard InChI is InChI=1S/C23H20F3NO7S2/c1-15-4-10-19(11-5-15)35(28,29)33-21-13-12-20(14-16(21)2)36(30,31)34-27-22(23(24,25)26)17-6-8-18(32-3)9-7-17/h4-14H,1-3H3/b27-22-. The third-order valence-corrected chi connectivity index (χ3v) is 7.15. The molecule has 3 aromatic carbocycles. The number of methoxy groups -OCH3 is 1. The molecule has 0 spiro atoms. The van der Waals surface area contributed by atoms with Crippen LogP contribution in [0.4, 0.5) is 13.2 Å². The lowest BCUT2D eigenvalue weighted by Crippen LogP contribution is -2.25. The number of benzene rings is 3. The van der Waals surface area contributed by atoms with Gasteiger partial charge in [0.25, 0.3) is 0 Å². The van der Waals surface area contributed by atoms with E-state index >= 15 is 0 Å². The van der Waals surface area contributed by atoms with E-state index in [1.165, 1.54) is 38.3 Å². The fourth-order valence-corrected chi connectivity index (χ4v) is 4.69. The molecule has 0 radical (unpaired) electrons. The van der Waals surface area contributed by atoms with Crippen molar-refractivity contribution in [2.75, 3.05) is 7.11 Å². The zero-order chi connectivity index (χ0) is 26.7. The highest BCUT2D eigenvalue weighted by Gasteiger charge is 2.38. The van der Waals surface area contributed by atoms with Gasteiger partial charge in [0, 0.05) is 5.56 Å². The normalized spacial score (nSPS) is 12.8. The van der Waals surface area contributed by atoms with Crippen LogP contribution in [0.15, 0.2) is 81.7 Å². The van der Waals surface area contributed by atoms with Crippen molar-refractivity contribution in [2.45, 2.75) is 29.8 Å². The van der Waals surface area contributed by atoms with E-state index in [0.717, 1.165) is 35.9 Å². The number of hydrogen-bond donors (Lipinski definition) is 0. The Balaban J connectivity index is 1.86. The van der Waals surface area contributed by atoms with Crippen LogP contribution in [0.25, 0.3) is 0 Å². The van der Waals surface area contributed by atoms with Crippen LogP contribution in [0.2, 0.25) is 0 Å². The van der Waals surface area contributed by atoms with Crippen LogP contribution in [0, 0.1) is 13.8 Å². The van der Waals surface area contributed by atoms with Crippen molar-refractivity contribution >= 4 is 25.9 Å². The predicted molar refractivity (Wildman–Crippen MR) is 124 cm³/mol. The van der Waals surface area contributed by atoms with Crippen LogP contribution in [0.3, 0.4) is 0 Å². The van der Waals surface area contributed by atoms with Crippen molar-refractivity contribution in [2.24, 2.45) is 5.16 Å². The van der Waals surface area contributed by atoms with Gasteiger partial charge >= 0.3 is 26.4 Å². The summed E-state index contributed by atoms with van der Waals surface area (Å²) in [6, 6.07) is 13.4. The van der Waals surface area contributed by atoms with Gasteiger partial charge in [0.05, 0.1) is 7.11 Å². The topological polar surface area (TPSA) is 108 Å². The predicted octanol–water partition coefficient (Wildman–Crippen LogP) is 4.75. The molecule has 3 aromatic rings. The zero-order valence-corrected chi connectivity index (χ0v) is 20.7. The number of rotatable bonds is 8. The number of aryl methyl sites for hydroxylation is 2. The first-order valence-corrected chi connectivity index (χ1v) is 12.9. The van der Waals surface area contributed by atoms with E-state index in [-0.39, 0.29) is 22.0 Å². The summed E-state index contributed by atoms with van der Waals surface area (Å²) in [6.07, 6.45) is -5.03. The molecule has 0 aliphatic carbocycles. The molecule has 0 aromatic heterocycles. The van der Waals surface area contributed by atoms with E-state index in [2.05, 4.69) is 9.44 Å². The van der Waals surface area contributed by atoms with Crippen molar-refractivity contribution < 1.29 is 43.2 Å². The molecule has 8 nitrogen and oxygen atoms in total. The first-order valence-electron chi connectivity index (χ1n) is 10.1. The van der Waals surface area contributed by atoms with Gasteiger partial charge in [-0.15, -0.1) is 0 Å². The lowest BCUT2D eigenvalue weighted by molar-refractivity contribution is -0.0597.